The molecule has 0 amide bonds. The molecule has 7 aromatic rings. The molecule has 0 saturated carbocycles. The van der Waals surface area contributed by atoms with Crippen molar-refractivity contribution in [3.8, 4) is 33.4 Å². The topological polar surface area (TPSA) is 12.0 Å². The molecule has 1 N–H and O–H groups in total. The van der Waals surface area contributed by atoms with Crippen LogP contribution in [0.15, 0.2) is 170 Å². The van der Waals surface area contributed by atoms with Gasteiger partial charge in [-0.25, -0.2) is 0 Å². The fourth-order valence-electron chi connectivity index (χ4n) is 6.88. The van der Waals surface area contributed by atoms with Crippen LogP contribution in [0.5, 0.6) is 0 Å². The van der Waals surface area contributed by atoms with Gasteiger partial charge in [-0.05, 0) is 85.7 Å². The number of fused-ring (bicyclic) bond motifs is 1. The van der Waals surface area contributed by atoms with Crippen molar-refractivity contribution >= 4 is 16.5 Å². The first kappa shape index (κ1) is 29.3. The highest BCUT2D eigenvalue weighted by atomic mass is 14.8. The van der Waals surface area contributed by atoms with E-state index in [1.807, 2.05) is 7.05 Å². The van der Waals surface area contributed by atoms with Crippen molar-refractivity contribution < 1.29 is 0 Å². The molecule has 0 fully saturated rings. The number of hydrogen-bond acceptors (Lipinski definition) is 1. The summed E-state index contributed by atoms with van der Waals surface area (Å²) < 4.78 is 0. The smallest absolute Gasteiger partial charge is 0.0423 e. The SMILES string of the molecule is CNc1cccc(-c2ccc(CC(c3cccc(-c4ccccc4)c3)C(C)c3ccccc3)cc2)c1-c1ccc2ccccc2c1. The lowest BCUT2D eigenvalue weighted by atomic mass is 9.78. The average Bonchev–Trinajstić information content (AvgIpc) is 3.14. The van der Waals surface area contributed by atoms with E-state index in [1.165, 1.54) is 60.8 Å². The minimum absolute atomic E-state index is 0.331. The van der Waals surface area contributed by atoms with Gasteiger partial charge in [-0.15, -0.1) is 0 Å². The Hall–Kier alpha value is -5.40. The molecule has 7 rings (SSSR count). The second-order valence-corrected chi connectivity index (χ2v) is 12.2. The summed E-state index contributed by atoms with van der Waals surface area (Å²) in [6.07, 6.45) is 0.961. The van der Waals surface area contributed by atoms with E-state index in [0.717, 1.165) is 12.1 Å². The second-order valence-electron chi connectivity index (χ2n) is 12.2. The first-order valence-corrected chi connectivity index (χ1v) is 16.3. The highest BCUT2D eigenvalue weighted by molar-refractivity contribution is 5.96. The first-order chi connectivity index (χ1) is 22.7. The van der Waals surface area contributed by atoms with Crippen LogP contribution in [-0.2, 0) is 6.42 Å². The van der Waals surface area contributed by atoms with Crippen LogP contribution in [0.25, 0.3) is 44.2 Å². The summed E-state index contributed by atoms with van der Waals surface area (Å²) in [6.45, 7) is 2.38. The van der Waals surface area contributed by atoms with Gasteiger partial charge in [0.25, 0.3) is 0 Å². The molecule has 0 heterocycles. The Bertz CT molecular complexity index is 2060. The van der Waals surface area contributed by atoms with Gasteiger partial charge < -0.3 is 5.32 Å². The number of anilines is 1. The molecule has 46 heavy (non-hydrogen) atoms. The minimum atomic E-state index is 0.331. The Kier molecular flexibility index (Phi) is 8.48. The summed E-state index contributed by atoms with van der Waals surface area (Å²) in [5.41, 5.74) is 12.7. The summed E-state index contributed by atoms with van der Waals surface area (Å²) in [6, 6.07) is 62.0. The molecule has 0 saturated heterocycles. The second kappa shape index (κ2) is 13.3. The molecule has 1 nitrogen and oxygen atoms in total. The standard InChI is InChI=1S/C45H39N/c1-32(34-13-5-3-6-14-34)43(40-20-11-19-39(30-40)35-15-7-4-8-16-35)29-33-23-25-37(26-24-33)42-21-12-22-44(46-2)45(42)41-28-27-36-17-9-10-18-38(36)31-41/h3-28,30-32,43,46H,29H2,1-2H3. The molecule has 7 aromatic carbocycles. The summed E-state index contributed by atoms with van der Waals surface area (Å²) in [4.78, 5) is 0. The van der Waals surface area contributed by atoms with Crippen LogP contribution >= 0.6 is 0 Å². The molecule has 1 heteroatoms. The molecule has 0 aliphatic carbocycles. The van der Waals surface area contributed by atoms with Crippen molar-refractivity contribution in [2.75, 3.05) is 12.4 Å². The Balaban J connectivity index is 1.24. The van der Waals surface area contributed by atoms with Crippen LogP contribution in [0, 0.1) is 0 Å². The fourth-order valence-corrected chi connectivity index (χ4v) is 6.88. The zero-order valence-corrected chi connectivity index (χ0v) is 26.5. The van der Waals surface area contributed by atoms with Gasteiger partial charge in [-0.1, -0.05) is 165 Å². The van der Waals surface area contributed by atoms with Gasteiger partial charge in [-0.2, -0.15) is 0 Å². The van der Waals surface area contributed by atoms with Gasteiger partial charge in [-0.3, -0.25) is 0 Å². The monoisotopic (exact) mass is 593 g/mol. The quantitative estimate of drug-likeness (QED) is 0.176. The molecule has 224 valence electrons. The number of benzene rings is 7. The van der Waals surface area contributed by atoms with Crippen LogP contribution in [0.1, 0.15) is 35.4 Å². The van der Waals surface area contributed by atoms with Gasteiger partial charge in [0.2, 0.25) is 0 Å². The predicted molar refractivity (Wildman–Crippen MR) is 198 cm³/mol. The summed E-state index contributed by atoms with van der Waals surface area (Å²) in [5.74, 6) is 0.691. The maximum Gasteiger partial charge on any atom is 0.0423 e. The van der Waals surface area contributed by atoms with Crippen LogP contribution in [0.4, 0.5) is 5.69 Å². The average molecular weight is 594 g/mol. The lowest BCUT2D eigenvalue weighted by molar-refractivity contribution is 0.572. The maximum atomic E-state index is 3.45. The van der Waals surface area contributed by atoms with Crippen LogP contribution in [0.3, 0.4) is 0 Å². The Morgan fingerprint density at radius 3 is 1.87 bits per heavy atom. The third kappa shape index (κ3) is 6.10. The fraction of sp³-hybridized carbons (Fsp3) is 0.111. The van der Waals surface area contributed by atoms with Gasteiger partial charge in [0.1, 0.15) is 0 Å². The molecule has 0 spiro atoms. The molecule has 0 aromatic heterocycles. The van der Waals surface area contributed by atoms with E-state index < -0.39 is 0 Å². The van der Waals surface area contributed by atoms with E-state index in [4.69, 9.17) is 0 Å². The lowest BCUT2D eigenvalue weighted by Crippen LogP contribution is -2.12. The maximum absolute atomic E-state index is 3.45. The Morgan fingerprint density at radius 2 is 1.11 bits per heavy atom. The van der Waals surface area contributed by atoms with Crippen LogP contribution in [0.2, 0.25) is 0 Å². The summed E-state index contributed by atoms with van der Waals surface area (Å²) >= 11 is 0. The van der Waals surface area contributed by atoms with Crippen molar-refractivity contribution in [2.45, 2.75) is 25.2 Å². The third-order valence-corrected chi connectivity index (χ3v) is 9.44. The van der Waals surface area contributed by atoms with E-state index in [2.05, 4.69) is 182 Å². The molecule has 0 aliphatic rings. The van der Waals surface area contributed by atoms with Crippen molar-refractivity contribution in [1.29, 1.82) is 0 Å². The molecular formula is C45H39N. The van der Waals surface area contributed by atoms with Crippen molar-refractivity contribution in [2.24, 2.45) is 0 Å². The number of hydrogen-bond donors (Lipinski definition) is 1. The van der Waals surface area contributed by atoms with Crippen LogP contribution in [-0.4, -0.2) is 7.05 Å². The van der Waals surface area contributed by atoms with Crippen LogP contribution < -0.4 is 5.32 Å². The number of nitrogens with one attached hydrogen (secondary N) is 1. The molecule has 0 bridgehead atoms. The number of rotatable bonds is 9. The molecular weight excluding hydrogens is 555 g/mol. The molecule has 0 radical (unpaired) electrons. The normalized spacial score (nSPS) is 12.5. The van der Waals surface area contributed by atoms with Crippen molar-refractivity contribution in [3.63, 3.8) is 0 Å². The van der Waals surface area contributed by atoms with Gasteiger partial charge in [0, 0.05) is 18.3 Å². The van der Waals surface area contributed by atoms with Crippen molar-refractivity contribution in [1.82, 2.24) is 0 Å². The van der Waals surface area contributed by atoms with Gasteiger partial charge in [0.05, 0.1) is 0 Å². The Morgan fingerprint density at radius 1 is 0.478 bits per heavy atom. The molecule has 2 atom stereocenters. The summed E-state index contributed by atoms with van der Waals surface area (Å²) in [7, 11) is 2.01. The zero-order valence-electron chi connectivity index (χ0n) is 26.5. The summed E-state index contributed by atoms with van der Waals surface area (Å²) in [5, 5.41) is 5.96. The van der Waals surface area contributed by atoms with E-state index >= 15 is 0 Å². The van der Waals surface area contributed by atoms with E-state index in [0.29, 0.717) is 11.8 Å². The highest BCUT2D eigenvalue weighted by Crippen LogP contribution is 2.40. The lowest BCUT2D eigenvalue weighted by Gasteiger charge is -2.26. The largest absolute Gasteiger partial charge is 0.388 e. The van der Waals surface area contributed by atoms with Gasteiger partial charge >= 0.3 is 0 Å². The molecule has 2 unspecified atom stereocenters. The first-order valence-electron chi connectivity index (χ1n) is 16.3. The van der Waals surface area contributed by atoms with Crippen molar-refractivity contribution in [3.05, 3.63) is 187 Å². The predicted octanol–water partition coefficient (Wildman–Crippen LogP) is 12.0. The Labute approximate surface area is 273 Å². The van der Waals surface area contributed by atoms with E-state index in [1.54, 1.807) is 0 Å². The van der Waals surface area contributed by atoms with Gasteiger partial charge in [0.15, 0.2) is 0 Å². The highest BCUT2D eigenvalue weighted by Gasteiger charge is 2.22. The zero-order chi connectivity index (χ0) is 31.3. The van der Waals surface area contributed by atoms with E-state index in [-0.39, 0.29) is 0 Å². The third-order valence-electron chi connectivity index (χ3n) is 9.44. The minimum Gasteiger partial charge on any atom is -0.388 e. The molecule has 0 aliphatic heterocycles. The van der Waals surface area contributed by atoms with E-state index in [9.17, 15) is 0 Å².